The average Bonchev–Trinajstić information content (AvgIpc) is 3.63. The molecule has 270 valence electrons. The smallest absolute Gasteiger partial charge is 0.319 e. The predicted molar refractivity (Wildman–Crippen MR) is 203 cm³/mol. The molecule has 3 aliphatic heterocycles. The van der Waals surface area contributed by atoms with Gasteiger partial charge in [0.15, 0.2) is 5.82 Å². The van der Waals surface area contributed by atoms with Crippen molar-refractivity contribution in [1.82, 2.24) is 19.9 Å². The zero-order valence-corrected chi connectivity index (χ0v) is 31.8. The van der Waals surface area contributed by atoms with Gasteiger partial charge in [0, 0.05) is 43.2 Å². The van der Waals surface area contributed by atoms with Crippen molar-refractivity contribution in [3.05, 3.63) is 53.7 Å². The third kappa shape index (κ3) is 6.28. The Kier molecular flexibility index (Phi) is 9.83. The van der Waals surface area contributed by atoms with Gasteiger partial charge < -0.3 is 9.64 Å². The Morgan fingerprint density at radius 2 is 1.69 bits per heavy atom. The number of hydrogen-bond donors (Lipinski definition) is 0. The molecule has 7 rings (SSSR count). The molecule has 4 aromatic rings. The van der Waals surface area contributed by atoms with Crippen LogP contribution < -0.4 is 9.64 Å². The van der Waals surface area contributed by atoms with E-state index in [0.29, 0.717) is 51.7 Å². The van der Waals surface area contributed by atoms with Crippen molar-refractivity contribution in [3.63, 3.8) is 0 Å². The summed E-state index contributed by atoms with van der Waals surface area (Å²) in [5.41, 5.74) is 5.31. The quantitative estimate of drug-likeness (QED) is 0.134. The molecular weight excluding hydrogens is 664 g/mol. The van der Waals surface area contributed by atoms with Gasteiger partial charge in [-0.1, -0.05) is 71.7 Å². The first-order chi connectivity index (χ1) is 24.4. The summed E-state index contributed by atoms with van der Waals surface area (Å²) in [4.78, 5) is 18.5. The maximum absolute atomic E-state index is 17.1. The van der Waals surface area contributed by atoms with Gasteiger partial charge in [-0.15, -0.1) is 5.54 Å². The molecular formula is C41H50F3N5OSi. The van der Waals surface area contributed by atoms with Gasteiger partial charge in [-0.3, -0.25) is 9.88 Å². The van der Waals surface area contributed by atoms with Crippen LogP contribution in [-0.2, 0) is 0 Å². The van der Waals surface area contributed by atoms with Gasteiger partial charge in [0.05, 0.1) is 16.5 Å². The molecule has 2 atom stereocenters. The second kappa shape index (κ2) is 14.0. The van der Waals surface area contributed by atoms with E-state index in [1.165, 1.54) is 6.07 Å². The topological polar surface area (TPSA) is 54.4 Å². The molecule has 0 bridgehead atoms. The van der Waals surface area contributed by atoms with Gasteiger partial charge in [0.1, 0.15) is 43.7 Å². The lowest BCUT2D eigenvalue weighted by atomic mass is 9.95. The zero-order chi connectivity index (χ0) is 36.1. The number of pyridine rings is 1. The van der Waals surface area contributed by atoms with Crippen molar-refractivity contribution < 1.29 is 17.9 Å². The Morgan fingerprint density at radius 3 is 2.41 bits per heavy atom. The first kappa shape index (κ1) is 35.7. The Balaban J connectivity index is 1.37. The van der Waals surface area contributed by atoms with Crippen LogP contribution in [0.4, 0.5) is 19.0 Å². The molecule has 3 saturated heterocycles. The van der Waals surface area contributed by atoms with Crippen LogP contribution in [0, 0.1) is 23.1 Å². The van der Waals surface area contributed by atoms with Gasteiger partial charge in [-0.05, 0) is 66.7 Å². The number of hydrogen-bond acceptors (Lipinski definition) is 6. The number of alkyl halides is 1. The van der Waals surface area contributed by atoms with Crippen LogP contribution in [0.5, 0.6) is 6.01 Å². The highest BCUT2D eigenvalue weighted by Gasteiger charge is 2.49. The van der Waals surface area contributed by atoms with E-state index in [2.05, 4.69) is 67.8 Å². The minimum absolute atomic E-state index is 0.0766. The average molecular weight is 714 g/mol. The molecule has 0 spiro atoms. The number of fused-ring (bicyclic) bond motifs is 3. The molecule has 0 radical (unpaired) electrons. The molecule has 0 amide bonds. The minimum atomic E-state index is -2.20. The lowest BCUT2D eigenvalue weighted by molar-refractivity contribution is 0.107. The van der Waals surface area contributed by atoms with Gasteiger partial charge in [-0.25, -0.2) is 13.2 Å². The molecule has 51 heavy (non-hydrogen) atoms. The number of halogens is 3. The molecule has 0 N–H and O–H groups in total. The molecule has 3 fully saturated rings. The molecule has 0 saturated carbocycles. The number of nitrogens with zero attached hydrogens (tertiary/aromatic N) is 5. The van der Waals surface area contributed by atoms with Gasteiger partial charge in [0.2, 0.25) is 0 Å². The number of rotatable bonds is 8. The normalized spacial score (nSPS) is 21.3. The van der Waals surface area contributed by atoms with E-state index < -0.39 is 31.4 Å². The number of benzene rings is 2. The third-order valence-electron chi connectivity index (χ3n) is 12.0. The van der Waals surface area contributed by atoms with E-state index in [0.717, 1.165) is 57.1 Å². The number of anilines is 1. The van der Waals surface area contributed by atoms with Crippen molar-refractivity contribution in [2.45, 2.75) is 108 Å². The molecule has 6 nitrogen and oxygen atoms in total. The van der Waals surface area contributed by atoms with Crippen LogP contribution in [0.25, 0.3) is 32.9 Å². The second-order valence-corrected chi connectivity index (χ2v) is 21.5. The standard InChI is InChI=1S/C41H50F3N5OSi/c1-26(2)51(27(3)4,28(5)6)21-16-31-34(43)15-14-29-12-10-13-32(35(29)31)37-36(44)38-33(23-45-37)39(48-18-8-7-9-19-48)47-40(46-38)50-25-41-17-11-20-49(41)24-30(42)22-41/h10,12-15,23,26-28,30H,7-9,11,17-20,22,24-25H2,1-6H3/t30-,41+/m1/s1. The fraction of sp³-hybridized carbons (Fsp3) is 0.537. The number of aromatic nitrogens is 3. The highest BCUT2D eigenvalue weighted by molar-refractivity contribution is 6.90. The summed E-state index contributed by atoms with van der Waals surface area (Å²) in [6, 6.07) is 8.78. The van der Waals surface area contributed by atoms with E-state index >= 15 is 8.78 Å². The Hall–Kier alpha value is -3.68. The van der Waals surface area contributed by atoms with Crippen LogP contribution in [0.1, 0.15) is 85.6 Å². The van der Waals surface area contributed by atoms with Crippen LogP contribution in [0.15, 0.2) is 36.5 Å². The highest BCUT2D eigenvalue weighted by atomic mass is 28.3. The lowest BCUT2D eigenvalue weighted by Gasteiger charge is -2.38. The summed E-state index contributed by atoms with van der Waals surface area (Å²) in [7, 11) is -2.20. The van der Waals surface area contributed by atoms with Crippen LogP contribution in [0.2, 0.25) is 16.6 Å². The first-order valence-electron chi connectivity index (χ1n) is 18.8. The van der Waals surface area contributed by atoms with Gasteiger partial charge in [0.25, 0.3) is 0 Å². The van der Waals surface area contributed by atoms with E-state index in [1.807, 2.05) is 12.1 Å². The van der Waals surface area contributed by atoms with E-state index in [1.54, 1.807) is 18.3 Å². The van der Waals surface area contributed by atoms with Crippen molar-refractivity contribution in [2.75, 3.05) is 37.7 Å². The maximum atomic E-state index is 17.1. The van der Waals surface area contributed by atoms with E-state index in [9.17, 15) is 4.39 Å². The summed E-state index contributed by atoms with van der Waals surface area (Å²) < 4.78 is 53.9. The Bertz CT molecular complexity index is 1980. The van der Waals surface area contributed by atoms with Crippen molar-refractivity contribution >= 4 is 35.6 Å². The zero-order valence-electron chi connectivity index (χ0n) is 30.8. The maximum Gasteiger partial charge on any atom is 0.319 e. The number of piperidine rings is 1. The Morgan fingerprint density at radius 1 is 0.941 bits per heavy atom. The van der Waals surface area contributed by atoms with Gasteiger partial charge >= 0.3 is 6.01 Å². The largest absolute Gasteiger partial charge is 0.461 e. The fourth-order valence-electron chi connectivity index (χ4n) is 9.55. The molecule has 0 unspecified atom stereocenters. The first-order valence-corrected chi connectivity index (χ1v) is 21.1. The monoisotopic (exact) mass is 713 g/mol. The van der Waals surface area contributed by atoms with E-state index in [4.69, 9.17) is 14.7 Å². The molecule has 3 aliphatic rings. The second-order valence-electron chi connectivity index (χ2n) is 15.9. The summed E-state index contributed by atoms with van der Waals surface area (Å²) in [6.07, 6.45) is 6.14. The molecule has 2 aromatic carbocycles. The fourth-order valence-corrected chi connectivity index (χ4v) is 14.8. The summed E-state index contributed by atoms with van der Waals surface area (Å²) in [5, 5.41) is 1.80. The highest BCUT2D eigenvalue weighted by Crippen LogP contribution is 2.43. The van der Waals surface area contributed by atoms with Crippen molar-refractivity contribution in [3.8, 4) is 28.7 Å². The minimum Gasteiger partial charge on any atom is -0.461 e. The van der Waals surface area contributed by atoms with Crippen LogP contribution in [-0.4, -0.2) is 72.4 Å². The Labute approximate surface area is 301 Å². The van der Waals surface area contributed by atoms with Crippen molar-refractivity contribution in [1.29, 1.82) is 0 Å². The lowest BCUT2D eigenvalue weighted by Crippen LogP contribution is -2.43. The molecule has 5 heterocycles. The third-order valence-corrected chi connectivity index (χ3v) is 18.3. The van der Waals surface area contributed by atoms with Crippen LogP contribution >= 0.6 is 0 Å². The van der Waals surface area contributed by atoms with Gasteiger partial charge in [-0.2, -0.15) is 9.97 Å². The predicted octanol–water partition coefficient (Wildman–Crippen LogP) is 9.64. The molecule has 0 aliphatic carbocycles. The molecule has 2 aromatic heterocycles. The number of ether oxygens (including phenoxy) is 1. The SMILES string of the molecule is CC(C)[Si](C#Cc1c(F)ccc2cccc(-c3ncc4c(N5CCCCC5)nc(OC[C@@]56CCCN5C[C@H](F)C6)nc4c3F)c12)(C(C)C)C(C)C. The van der Waals surface area contributed by atoms with Crippen molar-refractivity contribution in [2.24, 2.45) is 0 Å². The summed E-state index contributed by atoms with van der Waals surface area (Å²) >= 11 is 0. The molecule has 10 heteroatoms. The van der Waals surface area contributed by atoms with E-state index in [-0.39, 0.29) is 29.4 Å². The summed E-state index contributed by atoms with van der Waals surface area (Å²) in [6.45, 7) is 16.5. The summed E-state index contributed by atoms with van der Waals surface area (Å²) in [5.74, 6) is 2.88. The van der Waals surface area contributed by atoms with Crippen LogP contribution in [0.3, 0.4) is 0 Å².